The number of ether oxygens (including phenoxy) is 2. The Labute approximate surface area is 337 Å². The lowest BCUT2D eigenvalue weighted by Gasteiger charge is -2.33. The molecule has 15 heteroatoms. The van der Waals surface area contributed by atoms with E-state index in [1.54, 1.807) is 25.3 Å². The van der Waals surface area contributed by atoms with E-state index in [9.17, 15) is 23.2 Å². The van der Waals surface area contributed by atoms with Crippen molar-refractivity contribution in [3.63, 3.8) is 0 Å². The molecule has 3 aliphatic rings. The molecule has 0 unspecified atom stereocenters. The Morgan fingerprint density at radius 2 is 1.65 bits per heavy atom. The first kappa shape index (κ1) is 39.0. The molecule has 2 aromatic carbocycles. The molecular formula is C42H42Cl2F2N6O5. The Balaban J connectivity index is 1.09. The minimum Gasteiger partial charge on any atom is -0.481 e. The smallest absolute Gasteiger partial charge is 0.330 e. The van der Waals surface area contributed by atoms with Gasteiger partial charge in [-0.15, -0.1) is 0 Å². The number of esters is 1. The standard InChI is InChI=1S/C42H42Cl2F2N6O5/c1-50-31-20-30(35(45)46)48-36(32(31)38(53)51(2)40(50)55)47-28-10-6-8-26(34(28)44)25-7-5-9-27(33(25)43)29-19-23-21-52(17-11-24(23)37(49-29)56-3)18-16-41-12-14-42(22-41,15-13-41)39(54)57-4/h5-10,19-20,35H,11-18,21-22H2,1-4H3,(H,47,48). The highest BCUT2D eigenvalue weighted by molar-refractivity contribution is 6.39. The highest BCUT2D eigenvalue weighted by Gasteiger charge is 2.58. The van der Waals surface area contributed by atoms with E-state index in [1.807, 2.05) is 18.2 Å². The summed E-state index contributed by atoms with van der Waals surface area (Å²) in [6, 6.07) is 13.8. The Morgan fingerprint density at radius 1 is 0.947 bits per heavy atom. The molecule has 0 atom stereocenters. The average Bonchev–Trinajstić information content (AvgIpc) is 3.79. The third-order valence-corrected chi connectivity index (χ3v) is 13.3. The summed E-state index contributed by atoms with van der Waals surface area (Å²) in [4.78, 5) is 50.0. The van der Waals surface area contributed by atoms with E-state index in [2.05, 4.69) is 21.3 Å². The van der Waals surface area contributed by atoms with E-state index >= 15 is 0 Å². The summed E-state index contributed by atoms with van der Waals surface area (Å²) in [7, 11) is 5.82. The summed E-state index contributed by atoms with van der Waals surface area (Å²) >= 11 is 14.2. The molecule has 2 aliphatic carbocycles. The topological polar surface area (TPSA) is 121 Å². The SMILES string of the molecule is COC(=O)C12CCC(CCN3CCc4c(cc(-c5cccc(-c6cccc(Nc7nc(C(F)F)cc8c7c(=O)n(C)c(=O)n8C)c6Cl)c5Cl)nc4OC)C3)(CC1)C2. The number of pyridine rings is 2. The van der Waals surface area contributed by atoms with Gasteiger partial charge in [0, 0.05) is 49.4 Å². The molecule has 4 heterocycles. The number of alkyl halides is 2. The molecule has 3 aromatic heterocycles. The number of fused-ring (bicyclic) bond motifs is 4. The van der Waals surface area contributed by atoms with Crippen molar-refractivity contribution in [1.82, 2.24) is 24.0 Å². The summed E-state index contributed by atoms with van der Waals surface area (Å²) in [6.45, 7) is 2.54. The van der Waals surface area contributed by atoms with Crippen LogP contribution in [0.5, 0.6) is 5.88 Å². The van der Waals surface area contributed by atoms with Crippen molar-refractivity contribution in [2.24, 2.45) is 24.9 Å². The number of halogens is 4. The maximum absolute atomic E-state index is 14.0. The number of anilines is 2. The van der Waals surface area contributed by atoms with Crippen molar-refractivity contribution in [3.05, 3.63) is 96.2 Å². The van der Waals surface area contributed by atoms with Gasteiger partial charge < -0.3 is 14.8 Å². The fourth-order valence-electron chi connectivity index (χ4n) is 9.36. The summed E-state index contributed by atoms with van der Waals surface area (Å²) < 4.78 is 41.0. The van der Waals surface area contributed by atoms with Gasteiger partial charge in [0.15, 0.2) is 0 Å². The Bertz CT molecular complexity index is 2570. The number of rotatable bonds is 10. The predicted molar refractivity (Wildman–Crippen MR) is 216 cm³/mol. The summed E-state index contributed by atoms with van der Waals surface area (Å²) in [5.74, 6) is 0.329. The molecule has 0 radical (unpaired) electrons. The number of aromatic nitrogens is 4. The fourth-order valence-corrected chi connectivity index (χ4v) is 9.96. The maximum Gasteiger partial charge on any atom is 0.330 e. The van der Waals surface area contributed by atoms with E-state index in [0.29, 0.717) is 33.3 Å². The average molecular weight is 820 g/mol. The molecule has 8 rings (SSSR count). The highest BCUT2D eigenvalue weighted by Crippen LogP contribution is 2.63. The van der Waals surface area contributed by atoms with Gasteiger partial charge in [0.05, 0.1) is 46.6 Å². The predicted octanol–water partition coefficient (Wildman–Crippen LogP) is 8.23. The first-order valence-electron chi connectivity index (χ1n) is 18.9. The minimum absolute atomic E-state index is 0.00376. The molecule has 1 aliphatic heterocycles. The molecule has 11 nitrogen and oxygen atoms in total. The van der Waals surface area contributed by atoms with Gasteiger partial charge in [-0.05, 0) is 80.7 Å². The number of carbonyl (C=O) groups excluding carboxylic acids is 1. The zero-order valence-electron chi connectivity index (χ0n) is 32.1. The molecule has 57 heavy (non-hydrogen) atoms. The van der Waals surface area contributed by atoms with Gasteiger partial charge in [-0.3, -0.25) is 23.6 Å². The van der Waals surface area contributed by atoms with Gasteiger partial charge in [0.1, 0.15) is 16.9 Å². The summed E-state index contributed by atoms with van der Waals surface area (Å²) in [6.07, 6.45) is 3.73. The van der Waals surface area contributed by atoms with Crippen LogP contribution in [0.25, 0.3) is 33.3 Å². The van der Waals surface area contributed by atoms with Crippen molar-refractivity contribution in [3.8, 4) is 28.3 Å². The van der Waals surface area contributed by atoms with Gasteiger partial charge in [-0.25, -0.2) is 23.5 Å². The van der Waals surface area contributed by atoms with Crippen molar-refractivity contribution < 1.29 is 23.0 Å². The molecule has 0 amide bonds. The molecule has 2 saturated carbocycles. The second kappa shape index (κ2) is 14.8. The van der Waals surface area contributed by atoms with Crippen LogP contribution in [0.15, 0.2) is 58.1 Å². The van der Waals surface area contributed by atoms with Crippen LogP contribution < -0.4 is 21.3 Å². The molecule has 0 spiro atoms. The largest absolute Gasteiger partial charge is 0.481 e. The molecule has 2 fully saturated rings. The van der Waals surface area contributed by atoms with Crippen molar-refractivity contribution in [2.45, 2.75) is 57.9 Å². The van der Waals surface area contributed by atoms with Gasteiger partial charge in [0.2, 0.25) is 5.88 Å². The first-order chi connectivity index (χ1) is 27.3. The number of methoxy groups -OCH3 is 2. The molecular weight excluding hydrogens is 777 g/mol. The second-order valence-corrected chi connectivity index (χ2v) is 16.4. The van der Waals surface area contributed by atoms with Gasteiger partial charge >= 0.3 is 11.7 Å². The van der Waals surface area contributed by atoms with Crippen LogP contribution in [0.3, 0.4) is 0 Å². The Hall–Kier alpha value is -4.85. The highest BCUT2D eigenvalue weighted by atomic mass is 35.5. The number of hydrogen-bond donors (Lipinski definition) is 1. The number of hydrogen-bond acceptors (Lipinski definition) is 9. The molecule has 1 N–H and O–H groups in total. The van der Waals surface area contributed by atoms with Crippen LogP contribution >= 0.6 is 23.2 Å². The van der Waals surface area contributed by atoms with Crippen molar-refractivity contribution in [2.75, 3.05) is 32.6 Å². The third kappa shape index (κ3) is 6.67. The van der Waals surface area contributed by atoms with E-state index in [4.69, 9.17) is 37.7 Å². The summed E-state index contributed by atoms with van der Waals surface area (Å²) in [5.41, 5.74) is 2.82. The van der Waals surface area contributed by atoms with Crippen LogP contribution in [-0.4, -0.2) is 57.3 Å². The Kier molecular flexibility index (Phi) is 10.1. The zero-order chi connectivity index (χ0) is 40.4. The minimum atomic E-state index is -2.97. The van der Waals surface area contributed by atoms with Crippen molar-refractivity contribution in [1.29, 1.82) is 0 Å². The lowest BCUT2D eigenvalue weighted by molar-refractivity contribution is -0.152. The lowest BCUT2D eigenvalue weighted by Crippen LogP contribution is -2.37. The maximum atomic E-state index is 14.0. The molecule has 0 saturated heterocycles. The number of nitrogens with one attached hydrogen (secondary N) is 1. The first-order valence-corrected chi connectivity index (χ1v) is 19.7. The van der Waals surface area contributed by atoms with Gasteiger partial charge in [-0.2, -0.15) is 0 Å². The quantitative estimate of drug-likeness (QED) is 0.139. The molecule has 298 valence electrons. The Morgan fingerprint density at radius 3 is 2.35 bits per heavy atom. The molecule has 5 aromatic rings. The monoisotopic (exact) mass is 818 g/mol. The van der Waals surface area contributed by atoms with Gasteiger partial charge in [-0.1, -0.05) is 53.5 Å². The van der Waals surface area contributed by atoms with Gasteiger partial charge in [0.25, 0.3) is 12.0 Å². The lowest BCUT2D eigenvalue weighted by atomic mass is 9.80. The van der Waals surface area contributed by atoms with Crippen LogP contribution in [-0.2, 0) is 36.6 Å². The zero-order valence-corrected chi connectivity index (χ0v) is 33.6. The molecule has 2 bridgehead atoms. The van der Waals surface area contributed by atoms with E-state index in [1.165, 1.54) is 21.2 Å². The number of benzene rings is 2. The fraction of sp³-hybridized carbons (Fsp3) is 0.405. The van der Waals surface area contributed by atoms with Crippen LogP contribution in [0.2, 0.25) is 10.0 Å². The normalized spacial score (nSPS) is 20.3. The summed E-state index contributed by atoms with van der Waals surface area (Å²) in [5, 5.41) is 3.54. The number of aryl methyl sites for hydroxylation is 1. The van der Waals surface area contributed by atoms with E-state index < -0.39 is 23.4 Å². The van der Waals surface area contributed by atoms with Crippen molar-refractivity contribution >= 4 is 51.6 Å². The van der Waals surface area contributed by atoms with Crippen LogP contribution in [0.4, 0.5) is 20.3 Å². The number of carbonyl (C=O) groups is 1. The third-order valence-electron chi connectivity index (χ3n) is 12.5. The second-order valence-electron chi connectivity index (χ2n) is 15.6. The number of nitrogens with zero attached hydrogens (tertiary/aromatic N) is 5. The van der Waals surface area contributed by atoms with Crippen LogP contribution in [0, 0.1) is 10.8 Å². The van der Waals surface area contributed by atoms with E-state index in [0.717, 1.165) is 90.9 Å². The van der Waals surface area contributed by atoms with E-state index in [-0.39, 0.29) is 44.2 Å². The van der Waals surface area contributed by atoms with Crippen LogP contribution in [0.1, 0.15) is 61.8 Å².